The van der Waals surface area contributed by atoms with Gasteiger partial charge in [0.15, 0.2) is 0 Å². The molecule has 0 fully saturated rings. The minimum atomic E-state index is -4.09. The van der Waals surface area contributed by atoms with Gasteiger partial charge in [-0.15, -0.1) is 0 Å². The van der Waals surface area contributed by atoms with Crippen LogP contribution in [0.2, 0.25) is 0 Å². The molecule has 118 valence electrons. The summed E-state index contributed by atoms with van der Waals surface area (Å²) in [5, 5.41) is 9.03. The van der Waals surface area contributed by atoms with Crippen LogP contribution < -0.4 is 0 Å². The van der Waals surface area contributed by atoms with E-state index in [1.807, 2.05) is 0 Å². The number of rotatable bonds is 4. The van der Waals surface area contributed by atoms with Crippen LogP contribution in [0.15, 0.2) is 33.6 Å². The molecular formula is C13H18BrNO5S. The van der Waals surface area contributed by atoms with Gasteiger partial charge in [-0.25, -0.2) is 13.2 Å². The van der Waals surface area contributed by atoms with Crippen LogP contribution in [0.5, 0.6) is 0 Å². The molecule has 1 aromatic carbocycles. The molecule has 0 aliphatic carbocycles. The fourth-order valence-electron chi connectivity index (χ4n) is 1.47. The Balaban J connectivity index is 3.18. The number of aliphatic hydroxyl groups excluding tert-OH is 1. The van der Waals surface area contributed by atoms with Crippen molar-refractivity contribution in [2.45, 2.75) is 31.3 Å². The van der Waals surface area contributed by atoms with Crippen LogP contribution in [0.1, 0.15) is 20.8 Å². The van der Waals surface area contributed by atoms with E-state index in [1.165, 1.54) is 12.1 Å². The zero-order valence-corrected chi connectivity index (χ0v) is 14.4. The molecule has 0 aliphatic rings. The predicted molar refractivity (Wildman–Crippen MR) is 81.4 cm³/mol. The molecule has 0 heterocycles. The molecule has 0 unspecified atom stereocenters. The van der Waals surface area contributed by atoms with Crippen molar-refractivity contribution in [3.8, 4) is 0 Å². The monoisotopic (exact) mass is 379 g/mol. The maximum absolute atomic E-state index is 12.5. The Kier molecular flexibility index (Phi) is 5.77. The van der Waals surface area contributed by atoms with Gasteiger partial charge >= 0.3 is 6.09 Å². The van der Waals surface area contributed by atoms with Crippen LogP contribution in [0.3, 0.4) is 0 Å². The summed E-state index contributed by atoms with van der Waals surface area (Å²) in [6, 6.07) is 5.96. The lowest BCUT2D eigenvalue weighted by molar-refractivity contribution is 0.0371. The number of carbonyl (C=O) groups is 1. The number of nitrogens with zero attached hydrogens (tertiary/aromatic N) is 1. The van der Waals surface area contributed by atoms with Crippen LogP contribution in [-0.4, -0.2) is 42.7 Å². The molecule has 8 heteroatoms. The van der Waals surface area contributed by atoms with Gasteiger partial charge in [-0.2, -0.15) is 4.31 Å². The van der Waals surface area contributed by atoms with E-state index < -0.39 is 28.3 Å². The number of aliphatic hydroxyl groups is 1. The quantitative estimate of drug-likeness (QED) is 0.867. The second-order valence-electron chi connectivity index (χ2n) is 5.24. The first-order valence-corrected chi connectivity index (χ1v) is 8.43. The molecule has 6 nitrogen and oxygen atoms in total. The molecule has 0 saturated carbocycles. The van der Waals surface area contributed by atoms with Crippen molar-refractivity contribution in [3.63, 3.8) is 0 Å². The van der Waals surface area contributed by atoms with Gasteiger partial charge in [0, 0.05) is 4.47 Å². The van der Waals surface area contributed by atoms with E-state index in [-0.39, 0.29) is 11.4 Å². The number of benzene rings is 1. The predicted octanol–water partition coefficient (Wildman–Crippen LogP) is 2.37. The summed E-state index contributed by atoms with van der Waals surface area (Å²) in [6.07, 6.45) is -1.02. The van der Waals surface area contributed by atoms with Gasteiger partial charge in [-0.1, -0.05) is 22.0 Å². The normalized spacial score (nSPS) is 12.0. The highest BCUT2D eigenvalue weighted by Gasteiger charge is 2.32. The summed E-state index contributed by atoms with van der Waals surface area (Å²) in [5.41, 5.74) is -0.836. The molecule has 0 spiro atoms. The minimum Gasteiger partial charge on any atom is -0.443 e. The van der Waals surface area contributed by atoms with Crippen molar-refractivity contribution in [3.05, 3.63) is 28.7 Å². The fraction of sp³-hybridized carbons (Fsp3) is 0.462. The van der Waals surface area contributed by atoms with E-state index in [2.05, 4.69) is 15.9 Å². The molecule has 1 amide bonds. The average molecular weight is 380 g/mol. The Bertz CT molecular complexity index is 609. The first-order valence-electron chi connectivity index (χ1n) is 6.20. The van der Waals surface area contributed by atoms with Crippen molar-refractivity contribution < 1.29 is 23.1 Å². The number of sulfonamides is 1. The lowest BCUT2D eigenvalue weighted by Crippen LogP contribution is -2.42. The van der Waals surface area contributed by atoms with E-state index in [0.717, 1.165) is 0 Å². The Hall–Kier alpha value is -1.12. The number of halogens is 1. The van der Waals surface area contributed by atoms with Gasteiger partial charge in [-0.05, 0) is 39.0 Å². The Morgan fingerprint density at radius 3 is 2.48 bits per heavy atom. The van der Waals surface area contributed by atoms with Gasteiger partial charge in [0.05, 0.1) is 18.0 Å². The van der Waals surface area contributed by atoms with Crippen molar-refractivity contribution >= 4 is 32.0 Å². The van der Waals surface area contributed by atoms with Crippen LogP contribution in [0, 0.1) is 0 Å². The highest BCUT2D eigenvalue weighted by Crippen LogP contribution is 2.21. The molecular weight excluding hydrogens is 362 g/mol. The SMILES string of the molecule is CC(C)(C)OC(=O)N(CCO)S(=O)(=O)c1cccc(Br)c1. The first-order chi connectivity index (χ1) is 9.58. The smallest absolute Gasteiger partial charge is 0.424 e. The van der Waals surface area contributed by atoms with E-state index in [4.69, 9.17) is 9.84 Å². The molecule has 21 heavy (non-hydrogen) atoms. The standard InChI is InChI=1S/C13H18BrNO5S/c1-13(2,3)20-12(17)15(7-8-16)21(18,19)11-6-4-5-10(14)9-11/h4-6,9,16H,7-8H2,1-3H3. The maximum atomic E-state index is 12.5. The van der Waals surface area contributed by atoms with E-state index in [9.17, 15) is 13.2 Å². The van der Waals surface area contributed by atoms with Crippen LogP contribution in [-0.2, 0) is 14.8 Å². The van der Waals surface area contributed by atoms with Gasteiger partial charge < -0.3 is 9.84 Å². The highest BCUT2D eigenvalue weighted by molar-refractivity contribution is 9.10. The minimum absolute atomic E-state index is 0.0591. The van der Waals surface area contributed by atoms with Crippen molar-refractivity contribution in [2.24, 2.45) is 0 Å². The Labute approximate surface area is 132 Å². The molecule has 0 radical (unpaired) electrons. The number of hydrogen-bond acceptors (Lipinski definition) is 5. The van der Waals surface area contributed by atoms with Crippen molar-refractivity contribution in [1.82, 2.24) is 4.31 Å². The molecule has 0 atom stereocenters. The Morgan fingerprint density at radius 1 is 1.38 bits per heavy atom. The van der Waals surface area contributed by atoms with E-state index in [0.29, 0.717) is 8.78 Å². The second-order valence-corrected chi connectivity index (χ2v) is 8.02. The van der Waals surface area contributed by atoms with Crippen molar-refractivity contribution in [2.75, 3.05) is 13.2 Å². The van der Waals surface area contributed by atoms with Crippen LogP contribution >= 0.6 is 15.9 Å². The molecule has 0 saturated heterocycles. The summed E-state index contributed by atoms with van der Waals surface area (Å²) in [5.74, 6) is 0. The third kappa shape index (κ3) is 4.98. The lowest BCUT2D eigenvalue weighted by atomic mass is 10.2. The highest BCUT2D eigenvalue weighted by atomic mass is 79.9. The topological polar surface area (TPSA) is 83.9 Å². The van der Waals surface area contributed by atoms with Crippen LogP contribution in [0.4, 0.5) is 4.79 Å². The van der Waals surface area contributed by atoms with Gasteiger partial charge in [0.2, 0.25) is 0 Å². The summed E-state index contributed by atoms with van der Waals surface area (Å²) in [6.45, 7) is 4.03. The van der Waals surface area contributed by atoms with Gasteiger partial charge in [0.1, 0.15) is 5.60 Å². The maximum Gasteiger partial charge on any atom is 0.424 e. The largest absolute Gasteiger partial charge is 0.443 e. The fourth-order valence-corrected chi connectivity index (χ4v) is 3.36. The van der Waals surface area contributed by atoms with Crippen molar-refractivity contribution in [1.29, 1.82) is 0 Å². The van der Waals surface area contributed by atoms with Gasteiger partial charge in [-0.3, -0.25) is 0 Å². The Morgan fingerprint density at radius 2 is 2.00 bits per heavy atom. The first kappa shape index (κ1) is 17.9. The zero-order valence-electron chi connectivity index (χ0n) is 12.0. The third-order valence-corrected chi connectivity index (χ3v) is 4.54. The molecule has 0 bridgehead atoms. The number of hydrogen-bond donors (Lipinski definition) is 1. The average Bonchev–Trinajstić information content (AvgIpc) is 2.33. The number of carbonyl (C=O) groups excluding carboxylic acids is 1. The molecule has 1 rings (SSSR count). The molecule has 0 aliphatic heterocycles. The third-order valence-electron chi connectivity index (χ3n) is 2.28. The number of ether oxygens (including phenoxy) is 1. The van der Waals surface area contributed by atoms with Crippen LogP contribution in [0.25, 0.3) is 0 Å². The lowest BCUT2D eigenvalue weighted by Gasteiger charge is -2.26. The number of amides is 1. The summed E-state index contributed by atoms with van der Waals surface area (Å²) in [7, 11) is -4.09. The van der Waals surface area contributed by atoms with Gasteiger partial charge in [0.25, 0.3) is 10.0 Å². The van der Waals surface area contributed by atoms with E-state index in [1.54, 1.807) is 32.9 Å². The summed E-state index contributed by atoms with van der Waals surface area (Å²) in [4.78, 5) is 12.0. The van der Waals surface area contributed by atoms with E-state index >= 15 is 0 Å². The second kappa shape index (κ2) is 6.76. The molecule has 0 aromatic heterocycles. The molecule has 1 aromatic rings. The molecule has 1 N–H and O–H groups in total. The summed E-state index contributed by atoms with van der Waals surface area (Å²) < 4.78 is 31.2. The zero-order chi connectivity index (χ0) is 16.3. The summed E-state index contributed by atoms with van der Waals surface area (Å²) >= 11 is 3.18.